The quantitative estimate of drug-likeness (QED) is 0.439. The molecule has 5 rings (SSSR count). The largest absolute Gasteiger partial charge is 0.448 e. The summed E-state index contributed by atoms with van der Waals surface area (Å²) in [6.45, 7) is 0. The number of carbonyl (C=O) groups excluding carboxylic acids is 2. The SMILES string of the molecule is O=C1C2C3C=CC(C3)C2C(=O)N1N=Cc1ccc(Sc2ccc(Cl)cc2)o1. The molecule has 1 saturated heterocycles. The van der Waals surface area contributed by atoms with Gasteiger partial charge in [-0.2, -0.15) is 10.1 Å². The van der Waals surface area contributed by atoms with Crippen LogP contribution in [0.3, 0.4) is 0 Å². The zero-order chi connectivity index (χ0) is 18.5. The van der Waals surface area contributed by atoms with E-state index in [1.54, 1.807) is 6.07 Å². The van der Waals surface area contributed by atoms with Gasteiger partial charge in [-0.3, -0.25) is 9.59 Å². The van der Waals surface area contributed by atoms with Crippen LogP contribution in [-0.2, 0) is 9.59 Å². The molecule has 4 atom stereocenters. The minimum absolute atomic E-state index is 0.183. The van der Waals surface area contributed by atoms with Gasteiger partial charge in [0.2, 0.25) is 0 Å². The Morgan fingerprint density at radius 1 is 1.04 bits per heavy atom. The molecule has 27 heavy (non-hydrogen) atoms. The lowest BCUT2D eigenvalue weighted by Gasteiger charge is -2.13. The van der Waals surface area contributed by atoms with Crippen molar-refractivity contribution in [3.63, 3.8) is 0 Å². The normalized spacial score (nSPS) is 28.7. The second-order valence-corrected chi connectivity index (χ2v) is 8.46. The molecule has 5 nitrogen and oxygen atoms in total. The fourth-order valence-corrected chi connectivity index (χ4v) is 5.10. The standard InChI is InChI=1S/C20H15ClN2O3S/c21-13-3-6-15(7-4-13)27-16-8-5-14(26-16)10-22-23-19(24)17-11-1-2-12(9-11)18(17)20(23)25/h1-8,10-12,17-18H,9H2. The third-order valence-corrected chi connectivity index (χ3v) is 6.56. The van der Waals surface area contributed by atoms with Gasteiger partial charge in [0.25, 0.3) is 11.8 Å². The lowest BCUT2D eigenvalue weighted by Crippen LogP contribution is -2.28. The predicted octanol–water partition coefficient (Wildman–Crippen LogP) is 4.23. The van der Waals surface area contributed by atoms with E-state index in [4.69, 9.17) is 16.0 Å². The number of halogens is 1. The van der Waals surface area contributed by atoms with Crippen LogP contribution in [0.5, 0.6) is 0 Å². The Hall–Kier alpha value is -2.31. The van der Waals surface area contributed by atoms with Gasteiger partial charge in [0.05, 0.1) is 18.1 Å². The Bertz CT molecular complexity index is 951. The molecule has 136 valence electrons. The van der Waals surface area contributed by atoms with E-state index < -0.39 is 0 Å². The first-order valence-electron chi connectivity index (χ1n) is 8.73. The number of fused-ring (bicyclic) bond motifs is 5. The highest BCUT2D eigenvalue weighted by atomic mass is 35.5. The molecule has 1 aliphatic heterocycles. The van der Waals surface area contributed by atoms with Crippen LogP contribution in [0, 0.1) is 23.7 Å². The molecule has 2 heterocycles. The lowest BCUT2D eigenvalue weighted by atomic mass is 9.85. The van der Waals surface area contributed by atoms with E-state index in [1.807, 2.05) is 30.3 Å². The van der Waals surface area contributed by atoms with Crippen LogP contribution < -0.4 is 0 Å². The summed E-state index contributed by atoms with van der Waals surface area (Å²) < 4.78 is 5.72. The minimum atomic E-state index is -0.239. The summed E-state index contributed by atoms with van der Waals surface area (Å²) in [6.07, 6.45) is 6.47. The Labute approximate surface area is 165 Å². The number of hydrazone groups is 1. The highest BCUT2D eigenvalue weighted by molar-refractivity contribution is 7.99. The predicted molar refractivity (Wildman–Crippen MR) is 101 cm³/mol. The number of benzene rings is 1. The summed E-state index contributed by atoms with van der Waals surface area (Å²) in [5.41, 5.74) is 0. The smallest absolute Gasteiger partial charge is 0.254 e. The van der Waals surface area contributed by atoms with E-state index >= 15 is 0 Å². The van der Waals surface area contributed by atoms with Crippen LogP contribution in [0.2, 0.25) is 5.02 Å². The summed E-state index contributed by atoms with van der Waals surface area (Å²) in [5.74, 6) is -0.00844. The van der Waals surface area contributed by atoms with E-state index in [0.717, 1.165) is 16.3 Å². The second kappa shape index (κ2) is 6.39. The lowest BCUT2D eigenvalue weighted by molar-refractivity contribution is -0.140. The van der Waals surface area contributed by atoms with Crippen LogP contribution in [-0.4, -0.2) is 23.0 Å². The average Bonchev–Trinajstić information content (AvgIpc) is 3.42. The summed E-state index contributed by atoms with van der Waals surface area (Å²) >= 11 is 7.35. The first-order valence-corrected chi connectivity index (χ1v) is 9.93. The van der Waals surface area contributed by atoms with Crippen LogP contribution >= 0.6 is 23.4 Å². The molecular weight excluding hydrogens is 384 g/mol. The molecule has 1 saturated carbocycles. The van der Waals surface area contributed by atoms with Gasteiger partial charge < -0.3 is 4.42 Å². The second-order valence-electron chi connectivity index (χ2n) is 6.95. The Morgan fingerprint density at radius 3 is 2.37 bits per heavy atom. The molecule has 0 N–H and O–H groups in total. The van der Waals surface area contributed by atoms with Crippen molar-refractivity contribution in [3.05, 3.63) is 59.3 Å². The van der Waals surface area contributed by atoms with Gasteiger partial charge in [-0.1, -0.05) is 35.5 Å². The first kappa shape index (κ1) is 16.8. The molecule has 0 spiro atoms. The fourth-order valence-electron chi connectivity index (χ4n) is 4.19. The maximum Gasteiger partial charge on any atom is 0.254 e. The van der Waals surface area contributed by atoms with E-state index in [9.17, 15) is 9.59 Å². The van der Waals surface area contributed by atoms with E-state index in [1.165, 1.54) is 18.0 Å². The van der Waals surface area contributed by atoms with Crippen molar-refractivity contribution >= 4 is 41.4 Å². The molecule has 2 aromatic rings. The van der Waals surface area contributed by atoms with Crippen LogP contribution in [0.25, 0.3) is 0 Å². The Balaban J connectivity index is 1.29. The number of hydrogen-bond donors (Lipinski definition) is 0. The van der Waals surface area contributed by atoms with Crippen LogP contribution in [0.15, 0.2) is 68.1 Å². The zero-order valence-corrected chi connectivity index (χ0v) is 15.7. The van der Waals surface area contributed by atoms with Crippen molar-refractivity contribution < 1.29 is 14.0 Å². The Kier molecular flexibility index (Phi) is 3.98. The molecule has 4 unspecified atom stereocenters. The molecule has 2 amide bonds. The number of rotatable bonds is 4. The highest BCUT2D eigenvalue weighted by Gasteiger charge is 2.59. The van der Waals surface area contributed by atoms with Gasteiger partial charge in [0, 0.05) is 9.92 Å². The van der Waals surface area contributed by atoms with Gasteiger partial charge in [0.15, 0.2) is 5.09 Å². The van der Waals surface area contributed by atoms with Crippen molar-refractivity contribution in [2.24, 2.45) is 28.8 Å². The van der Waals surface area contributed by atoms with Crippen molar-refractivity contribution in [1.29, 1.82) is 0 Å². The van der Waals surface area contributed by atoms with Gasteiger partial charge in [0.1, 0.15) is 5.76 Å². The molecule has 3 aliphatic rings. The number of furan rings is 1. The molecule has 2 aliphatic carbocycles. The van der Waals surface area contributed by atoms with Crippen molar-refractivity contribution in [1.82, 2.24) is 5.01 Å². The molecular formula is C20H15ClN2O3S. The number of imide groups is 1. The molecule has 0 radical (unpaired) electrons. The molecule has 7 heteroatoms. The third kappa shape index (κ3) is 2.84. The van der Waals surface area contributed by atoms with Crippen molar-refractivity contribution in [3.8, 4) is 0 Å². The molecule has 1 aromatic carbocycles. The van der Waals surface area contributed by atoms with Crippen LogP contribution in [0.4, 0.5) is 0 Å². The summed E-state index contributed by atoms with van der Waals surface area (Å²) in [5, 5.41) is 6.52. The molecule has 1 aromatic heterocycles. The van der Waals surface area contributed by atoms with Crippen molar-refractivity contribution in [2.45, 2.75) is 16.4 Å². The first-order chi connectivity index (χ1) is 13.1. The maximum atomic E-state index is 12.6. The number of allylic oxidation sites excluding steroid dienone is 2. The van der Waals surface area contributed by atoms with Gasteiger partial charge in [-0.25, -0.2) is 0 Å². The average molecular weight is 399 g/mol. The highest BCUT2D eigenvalue weighted by Crippen LogP contribution is 2.52. The van der Waals surface area contributed by atoms with Crippen LogP contribution in [0.1, 0.15) is 12.2 Å². The van der Waals surface area contributed by atoms with Gasteiger partial charge >= 0.3 is 0 Å². The van der Waals surface area contributed by atoms with Crippen molar-refractivity contribution in [2.75, 3.05) is 0 Å². The number of hydrogen-bond acceptors (Lipinski definition) is 5. The third-order valence-electron chi connectivity index (χ3n) is 5.38. The Morgan fingerprint density at radius 2 is 1.70 bits per heavy atom. The fraction of sp³-hybridized carbons (Fsp3) is 0.250. The van der Waals surface area contributed by atoms with E-state index in [0.29, 0.717) is 15.9 Å². The van der Waals surface area contributed by atoms with Gasteiger partial charge in [-0.05, 0) is 54.7 Å². The monoisotopic (exact) mass is 398 g/mol. The summed E-state index contributed by atoms with van der Waals surface area (Å²) in [6, 6.07) is 11.0. The molecule has 2 bridgehead atoms. The van der Waals surface area contributed by atoms with E-state index in [-0.39, 0.29) is 35.5 Å². The van der Waals surface area contributed by atoms with E-state index in [2.05, 4.69) is 17.3 Å². The van der Waals surface area contributed by atoms with Gasteiger partial charge in [-0.15, -0.1) is 0 Å². The zero-order valence-electron chi connectivity index (χ0n) is 14.1. The number of amides is 2. The topological polar surface area (TPSA) is 62.9 Å². The molecule has 2 fully saturated rings. The number of carbonyl (C=O) groups is 2. The maximum absolute atomic E-state index is 12.6. The number of nitrogens with zero attached hydrogens (tertiary/aromatic N) is 2. The minimum Gasteiger partial charge on any atom is -0.448 e. The summed E-state index contributed by atoms with van der Waals surface area (Å²) in [7, 11) is 0. The summed E-state index contributed by atoms with van der Waals surface area (Å²) in [4.78, 5) is 26.2.